The van der Waals surface area contributed by atoms with Crippen molar-refractivity contribution in [2.45, 2.75) is 6.92 Å². The normalized spacial score (nSPS) is 9.79. The van der Waals surface area contributed by atoms with Gasteiger partial charge in [0, 0.05) is 10.5 Å². The molecule has 0 radical (unpaired) electrons. The lowest BCUT2D eigenvalue weighted by Crippen LogP contribution is -1.92. The van der Waals surface area contributed by atoms with Crippen molar-refractivity contribution in [3.05, 3.63) is 51.9 Å². The molecule has 4 nitrogen and oxygen atoms in total. The Morgan fingerprint density at radius 3 is 2.57 bits per heavy atom. The maximum absolute atomic E-state index is 11.1. The minimum atomic E-state index is -0.556. The molecule has 0 heterocycles. The number of nitrogens with zero attached hydrogens (tertiary/aromatic N) is 3. The van der Waals surface area contributed by atoms with E-state index in [9.17, 15) is 4.79 Å². The predicted octanol–water partition coefficient (Wildman–Crippen LogP) is 3.17. The topological polar surface area (TPSA) is 65.8 Å². The van der Waals surface area contributed by atoms with Gasteiger partial charge < -0.3 is 0 Å². The monoisotopic (exact) mass is 187 g/mol. The number of rotatable bonds is 2. The van der Waals surface area contributed by atoms with Crippen molar-refractivity contribution in [2.24, 2.45) is 5.11 Å². The number of carbonyl (C=O) groups excluding carboxylic acids is 1. The summed E-state index contributed by atoms with van der Waals surface area (Å²) in [5.41, 5.74) is 9.47. The number of benzene rings is 1. The molecule has 1 aromatic rings. The van der Waals surface area contributed by atoms with Gasteiger partial charge in [0.15, 0.2) is 0 Å². The van der Waals surface area contributed by atoms with Gasteiger partial charge in [-0.05, 0) is 23.1 Å². The zero-order valence-electron chi connectivity index (χ0n) is 7.71. The third kappa shape index (κ3) is 2.47. The SMILES string of the molecule is C/C=C/c1ccc(C(=O)N=[N+]=[N-])cc1. The fraction of sp³-hybridized carbons (Fsp3) is 0.100. The molecule has 0 aromatic heterocycles. The van der Waals surface area contributed by atoms with Crippen LogP contribution in [0.3, 0.4) is 0 Å². The lowest BCUT2D eigenvalue weighted by atomic mass is 10.1. The highest BCUT2D eigenvalue weighted by molar-refractivity contribution is 5.94. The van der Waals surface area contributed by atoms with E-state index in [-0.39, 0.29) is 0 Å². The van der Waals surface area contributed by atoms with Gasteiger partial charge in [-0.1, -0.05) is 36.4 Å². The second-order valence-corrected chi connectivity index (χ2v) is 2.62. The highest BCUT2D eigenvalue weighted by atomic mass is 16.1. The van der Waals surface area contributed by atoms with Crippen molar-refractivity contribution in [2.75, 3.05) is 0 Å². The van der Waals surface area contributed by atoms with Crippen molar-refractivity contribution < 1.29 is 4.79 Å². The summed E-state index contributed by atoms with van der Waals surface area (Å²) in [5, 5.41) is 2.99. The second-order valence-electron chi connectivity index (χ2n) is 2.62. The Kier molecular flexibility index (Phi) is 3.47. The maximum Gasteiger partial charge on any atom is 0.249 e. The molecular weight excluding hydrogens is 178 g/mol. The number of amides is 1. The van der Waals surface area contributed by atoms with Crippen LogP contribution in [-0.2, 0) is 0 Å². The minimum absolute atomic E-state index is 0.399. The number of hydrogen-bond acceptors (Lipinski definition) is 1. The highest BCUT2D eigenvalue weighted by Crippen LogP contribution is 2.07. The molecular formula is C10H9N3O. The van der Waals surface area contributed by atoms with E-state index >= 15 is 0 Å². The summed E-state index contributed by atoms with van der Waals surface area (Å²) in [6, 6.07) is 6.85. The molecule has 14 heavy (non-hydrogen) atoms. The van der Waals surface area contributed by atoms with E-state index in [0.717, 1.165) is 5.56 Å². The minimum Gasteiger partial charge on any atom is -0.287 e. The lowest BCUT2D eigenvalue weighted by molar-refractivity contribution is 0.100. The molecule has 0 saturated heterocycles. The molecule has 0 saturated carbocycles. The molecule has 0 unspecified atom stereocenters. The van der Waals surface area contributed by atoms with Crippen LogP contribution in [0.15, 0.2) is 35.5 Å². The zero-order valence-corrected chi connectivity index (χ0v) is 7.71. The average molecular weight is 187 g/mol. The molecule has 0 aliphatic rings. The first-order valence-corrected chi connectivity index (χ1v) is 4.10. The van der Waals surface area contributed by atoms with Gasteiger partial charge in [-0.3, -0.25) is 4.79 Å². The van der Waals surface area contributed by atoms with E-state index in [1.807, 2.05) is 19.1 Å². The first kappa shape index (κ1) is 10.0. The van der Waals surface area contributed by atoms with Crippen molar-refractivity contribution in [1.29, 1.82) is 0 Å². The largest absolute Gasteiger partial charge is 0.287 e. The number of allylic oxidation sites excluding steroid dienone is 1. The Hall–Kier alpha value is -2.06. The van der Waals surface area contributed by atoms with Crippen LogP contribution in [0, 0.1) is 0 Å². The molecule has 0 aliphatic heterocycles. The van der Waals surface area contributed by atoms with E-state index in [1.165, 1.54) is 0 Å². The van der Waals surface area contributed by atoms with Gasteiger partial charge in [0.05, 0.1) is 0 Å². The Balaban J connectivity index is 2.93. The first-order valence-electron chi connectivity index (χ1n) is 4.10. The summed E-state index contributed by atoms with van der Waals surface area (Å²) < 4.78 is 0. The van der Waals surface area contributed by atoms with E-state index in [2.05, 4.69) is 10.0 Å². The van der Waals surface area contributed by atoms with Gasteiger partial charge >= 0.3 is 0 Å². The van der Waals surface area contributed by atoms with Crippen molar-refractivity contribution >= 4 is 12.0 Å². The molecule has 4 heteroatoms. The average Bonchev–Trinajstić information content (AvgIpc) is 2.20. The fourth-order valence-electron chi connectivity index (χ4n) is 1.03. The third-order valence-corrected chi connectivity index (χ3v) is 1.65. The Labute approximate surface area is 81.5 Å². The number of azide groups is 1. The van der Waals surface area contributed by atoms with Gasteiger partial charge in [-0.2, -0.15) is 0 Å². The van der Waals surface area contributed by atoms with E-state index < -0.39 is 5.91 Å². The molecule has 0 atom stereocenters. The zero-order chi connectivity index (χ0) is 10.4. The molecule has 0 N–H and O–H groups in total. The van der Waals surface area contributed by atoms with Crippen LogP contribution < -0.4 is 0 Å². The summed E-state index contributed by atoms with van der Waals surface area (Å²) >= 11 is 0. The number of carbonyl (C=O) groups is 1. The molecule has 0 bridgehead atoms. The van der Waals surface area contributed by atoms with Crippen molar-refractivity contribution in [3.63, 3.8) is 0 Å². The smallest absolute Gasteiger partial charge is 0.249 e. The predicted molar refractivity (Wildman–Crippen MR) is 54.6 cm³/mol. The third-order valence-electron chi connectivity index (χ3n) is 1.65. The Bertz CT molecular complexity index is 400. The summed E-state index contributed by atoms with van der Waals surface area (Å²) in [4.78, 5) is 13.5. The standard InChI is InChI=1S/C10H9N3O/c1-2-3-8-4-6-9(7-5-8)10(14)12-13-11/h2-7H,1H3/b3-2+. The molecule has 1 aromatic carbocycles. The molecule has 1 rings (SSSR count). The van der Waals surface area contributed by atoms with Crippen molar-refractivity contribution in [1.82, 2.24) is 0 Å². The summed E-state index contributed by atoms with van der Waals surface area (Å²) in [5.74, 6) is -0.556. The maximum atomic E-state index is 11.1. The van der Waals surface area contributed by atoms with E-state index in [0.29, 0.717) is 5.56 Å². The van der Waals surface area contributed by atoms with E-state index in [1.54, 1.807) is 24.3 Å². The Morgan fingerprint density at radius 2 is 2.07 bits per heavy atom. The van der Waals surface area contributed by atoms with Crippen LogP contribution in [0.2, 0.25) is 0 Å². The Morgan fingerprint density at radius 1 is 1.43 bits per heavy atom. The summed E-state index contributed by atoms with van der Waals surface area (Å²) in [7, 11) is 0. The van der Waals surface area contributed by atoms with Crippen LogP contribution in [0.4, 0.5) is 0 Å². The van der Waals surface area contributed by atoms with Gasteiger partial charge in [0.25, 0.3) is 0 Å². The fourth-order valence-corrected chi connectivity index (χ4v) is 1.03. The summed E-state index contributed by atoms with van der Waals surface area (Å²) in [6.07, 6.45) is 3.83. The quantitative estimate of drug-likeness (QED) is 0.398. The molecule has 0 aliphatic carbocycles. The van der Waals surface area contributed by atoms with Gasteiger partial charge in [-0.15, -0.1) is 0 Å². The highest BCUT2D eigenvalue weighted by Gasteiger charge is 2.00. The van der Waals surface area contributed by atoms with Gasteiger partial charge in [0.2, 0.25) is 5.91 Å². The van der Waals surface area contributed by atoms with Crippen LogP contribution in [0.5, 0.6) is 0 Å². The molecule has 1 amide bonds. The summed E-state index contributed by atoms with van der Waals surface area (Å²) in [6.45, 7) is 1.92. The van der Waals surface area contributed by atoms with Crippen LogP contribution >= 0.6 is 0 Å². The lowest BCUT2D eigenvalue weighted by Gasteiger charge is -1.95. The molecule has 70 valence electrons. The van der Waals surface area contributed by atoms with Gasteiger partial charge in [0.1, 0.15) is 0 Å². The molecule has 0 fully saturated rings. The van der Waals surface area contributed by atoms with Gasteiger partial charge in [-0.25, -0.2) is 0 Å². The first-order chi connectivity index (χ1) is 6.77. The van der Waals surface area contributed by atoms with Crippen molar-refractivity contribution in [3.8, 4) is 0 Å². The van der Waals surface area contributed by atoms with Crippen LogP contribution in [0.1, 0.15) is 22.8 Å². The van der Waals surface area contributed by atoms with Crippen LogP contribution in [0.25, 0.3) is 16.5 Å². The second kappa shape index (κ2) is 4.84. The number of hydrogen-bond donors (Lipinski definition) is 0. The molecule has 0 spiro atoms. The van der Waals surface area contributed by atoms with Crippen LogP contribution in [-0.4, -0.2) is 5.91 Å². The van der Waals surface area contributed by atoms with E-state index in [4.69, 9.17) is 5.53 Å².